The molecular formula is C19H20FNO3. The van der Waals surface area contributed by atoms with Gasteiger partial charge < -0.3 is 14.7 Å². The summed E-state index contributed by atoms with van der Waals surface area (Å²) < 4.78 is 18.3. The fourth-order valence-corrected chi connectivity index (χ4v) is 3.17. The van der Waals surface area contributed by atoms with E-state index in [2.05, 4.69) is 0 Å². The van der Waals surface area contributed by atoms with Crippen LogP contribution in [0.4, 0.5) is 4.39 Å². The molecule has 0 radical (unpaired) electrons. The Morgan fingerprint density at radius 1 is 1.29 bits per heavy atom. The van der Waals surface area contributed by atoms with Gasteiger partial charge in [-0.15, -0.1) is 0 Å². The van der Waals surface area contributed by atoms with Crippen LogP contribution in [0.25, 0.3) is 0 Å². The molecule has 5 heteroatoms. The van der Waals surface area contributed by atoms with E-state index in [0.717, 1.165) is 11.1 Å². The Morgan fingerprint density at radius 3 is 2.75 bits per heavy atom. The number of carbonyl (C=O) groups is 1. The van der Waals surface area contributed by atoms with Crippen molar-refractivity contribution >= 4 is 5.91 Å². The van der Waals surface area contributed by atoms with Crippen molar-refractivity contribution in [3.8, 4) is 0 Å². The second kappa shape index (κ2) is 7.11. The maximum atomic E-state index is 13.1. The fraction of sp³-hybridized carbons (Fsp3) is 0.316. The first-order valence-electron chi connectivity index (χ1n) is 7.91. The van der Waals surface area contributed by atoms with Crippen molar-refractivity contribution in [2.24, 2.45) is 0 Å². The van der Waals surface area contributed by atoms with Crippen LogP contribution in [-0.4, -0.2) is 35.7 Å². The number of hydrogen-bond acceptors (Lipinski definition) is 3. The van der Waals surface area contributed by atoms with E-state index >= 15 is 0 Å². The van der Waals surface area contributed by atoms with E-state index in [4.69, 9.17) is 4.74 Å². The summed E-state index contributed by atoms with van der Waals surface area (Å²) in [5, 5.41) is 10.0. The largest absolute Gasteiger partial charge is 0.391 e. The number of amides is 1. The van der Waals surface area contributed by atoms with Gasteiger partial charge in [-0.3, -0.25) is 4.79 Å². The van der Waals surface area contributed by atoms with E-state index in [1.54, 1.807) is 36.3 Å². The number of likely N-dealkylation sites (tertiary alicyclic amines) is 1. The Bertz CT molecular complexity index is 717. The highest BCUT2D eigenvalue weighted by atomic mass is 19.1. The van der Waals surface area contributed by atoms with Crippen molar-refractivity contribution in [3.05, 3.63) is 71.0 Å². The molecule has 0 saturated carbocycles. The highest BCUT2D eigenvalue weighted by molar-refractivity contribution is 5.95. The van der Waals surface area contributed by atoms with E-state index in [1.165, 1.54) is 12.1 Å². The van der Waals surface area contributed by atoms with Gasteiger partial charge in [0.2, 0.25) is 0 Å². The molecule has 1 heterocycles. The summed E-state index contributed by atoms with van der Waals surface area (Å²) in [5.41, 5.74) is 2.31. The molecule has 0 bridgehead atoms. The number of halogens is 1. The molecule has 1 saturated heterocycles. The molecular weight excluding hydrogens is 309 g/mol. The van der Waals surface area contributed by atoms with Gasteiger partial charge in [-0.1, -0.05) is 24.3 Å². The first kappa shape index (κ1) is 16.6. The van der Waals surface area contributed by atoms with Gasteiger partial charge in [0, 0.05) is 19.2 Å². The summed E-state index contributed by atoms with van der Waals surface area (Å²) in [7, 11) is 1.61. The number of ether oxygens (including phenoxy) is 1. The molecule has 1 aliphatic rings. The average molecular weight is 329 g/mol. The van der Waals surface area contributed by atoms with E-state index in [9.17, 15) is 14.3 Å². The molecule has 2 aromatic rings. The highest BCUT2D eigenvalue weighted by Crippen LogP contribution is 2.33. The van der Waals surface area contributed by atoms with Gasteiger partial charge in [-0.2, -0.15) is 0 Å². The van der Waals surface area contributed by atoms with Crippen molar-refractivity contribution in [1.29, 1.82) is 0 Å². The number of hydrogen-bond donors (Lipinski definition) is 1. The molecule has 0 aromatic heterocycles. The molecule has 2 atom stereocenters. The molecule has 4 nitrogen and oxygen atoms in total. The molecule has 1 amide bonds. The molecule has 0 spiro atoms. The maximum absolute atomic E-state index is 13.1. The molecule has 24 heavy (non-hydrogen) atoms. The number of methoxy groups -OCH3 is 1. The Balaban J connectivity index is 1.86. The lowest BCUT2D eigenvalue weighted by molar-refractivity contribution is 0.0715. The zero-order valence-electron chi connectivity index (χ0n) is 13.5. The Kier molecular flexibility index (Phi) is 4.92. The SMILES string of the molecule is COCc1cccc(C(=O)N2C[C@@H](O)C[C@H]2c2ccc(F)cc2)c1. The predicted molar refractivity (Wildman–Crippen MR) is 88.0 cm³/mol. The topological polar surface area (TPSA) is 49.8 Å². The molecule has 1 N–H and O–H groups in total. The van der Waals surface area contributed by atoms with Gasteiger partial charge in [-0.25, -0.2) is 4.39 Å². The summed E-state index contributed by atoms with van der Waals surface area (Å²) in [5.74, 6) is -0.457. The van der Waals surface area contributed by atoms with Crippen LogP contribution in [-0.2, 0) is 11.3 Å². The number of carbonyl (C=O) groups excluding carboxylic acids is 1. The third-order valence-electron chi connectivity index (χ3n) is 4.28. The predicted octanol–water partition coefficient (Wildman–Crippen LogP) is 2.92. The van der Waals surface area contributed by atoms with Crippen LogP contribution in [0.2, 0.25) is 0 Å². The summed E-state index contributed by atoms with van der Waals surface area (Å²) >= 11 is 0. The van der Waals surface area contributed by atoms with Crippen molar-refractivity contribution in [3.63, 3.8) is 0 Å². The monoisotopic (exact) mass is 329 g/mol. The first-order chi connectivity index (χ1) is 11.6. The maximum Gasteiger partial charge on any atom is 0.254 e. The lowest BCUT2D eigenvalue weighted by atomic mass is 10.0. The fourth-order valence-electron chi connectivity index (χ4n) is 3.17. The first-order valence-corrected chi connectivity index (χ1v) is 7.91. The molecule has 126 valence electrons. The molecule has 0 unspecified atom stereocenters. The van der Waals surface area contributed by atoms with Crippen molar-refractivity contribution in [2.75, 3.05) is 13.7 Å². The normalized spacial score (nSPS) is 20.4. The van der Waals surface area contributed by atoms with Crippen molar-refractivity contribution in [2.45, 2.75) is 25.2 Å². The number of aliphatic hydroxyl groups is 1. The minimum Gasteiger partial charge on any atom is -0.391 e. The summed E-state index contributed by atoms with van der Waals surface area (Å²) in [6.07, 6.45) is -0.124. The second-order valence-electron chi connectivity index (χ2n) is 6.05. The number of benzene rings is 2. The van der Waals surface area contributed by atoms with E-state index < -0.39 is 6.10 Å². The minimum absolute atomic E-state index is 0.140. The Labute approximate surface area is 140 Å². The van der Waals surface area contributed by atoms with Gasteiger partial charge in [-0.05, 0) is 41.8 Å². The molecule has 1 fully saturated rings. The third kappa shape index (κ3) is 3.47. The van der Waals surface area contributed by atoms with Crippen LogP contribution in [0.5, 0.6) is 0 Å². The van der Waals surface area contributed by atoms with Crippen LogP contribution in [0.1, 0.15) is 33.9 Å². The van der Waals surface area contributed by atoms with Gasteiger partial charge in [0.25, 0.3) is 5.91 Å². The van der Waals surface area contributed by atoms with Crippen LogP contribution in [0, 0.1) is 5.82 Å². The quantitative estimate of drug-likeness (QED) is 0.938. The molecule has 0 aliphatic carbocycles. The lowest BCUT2D eigenvalue weighted by Crippen LogP contribution is -2.31. The number of nitrogens with zero attached hydrogens (tertiary/aromatic N) is 1. The van der Waals surface area contributed by atoms with Crippen molar-refractivity contribution < 1.29 is 19.0 Å². The smallest absolute Gasteiger partial charge is 0.254 e. The lowest BCUT2D eigenvalue weighted by Gasteiger charge is -2.25. The molecule has 1 aliphatic heterocycles. The van der Waals surface area contributed by atoms with Gasteiger partial charge >= 0.3 is 0 Å². The number of β-amino-alcohol motifs (C(OH)–C–C–N with tert-alkyl or cyclic N) is 1. The third-order valence-corrected chi connectivity index (χ3v) is 4.28. The minimum atomic E-state index is -0.578. The van der Waals surface area contributed by atoms with E-state index in [1.807, 2.05) is 12.1 Å². The zero-order chi connectivity index (χ0) is 17.1. The van der Waals surface area contributed by atoms with E-state index in [-0.39, 0.29) is 24.3 Å². The van der Waals surface area contributed by atoms with Gasteiger partial charge in [0.1, 0.15) is 5.82 Å². The molecule has 3 rings (SSSR count). The van der Waals surface area contributed by atoms with Crippen LogP contribution < -0.4 is 0 Å². The van der Waals surface area contributed by atoms with Crippen LogP contribution >= 0.6 is 0 Å². The van der Waals surface area contributed by atoms with Crippen LogP contribution in [0.15, 0.2) is 48.5 Å². The summed E-state index contributed by atoms with van der Waals surface area (Å²) in [4.78, 5) is 14.6. The van der Waals surface area contributed by atoms with E-state index in [0.29, 0.717) is 18.6 Å². The summed E-state index contributed by atoms with van der Waals surface area (Å²) in [6, 6.07) is 13.1. The highest BCUT2D eigenvalue weighted by Gasteiger charge is 2.35. The number of rotatable bonds is 4. The van der Waals surface area contributed by atoms with Gasteiger partial charge in [0.15, 0.2) is 0 Å². The number of aliphatic hydroxyl groups excluding tert-OH is 1. The zero-order valence-corrected chi connectivity index (χ0v) is 13.5. The Morgan fingerprint density at radius 2 is 2.04 bits per heavy atom. The summed E-state index contributed by atoms with van der Waals surface area (Å²) in [6.45, 7) is 0.709. The standard InChI is InChI=1S/C19H20FNO3/c1-24-12-13-3-2-4-15(9-13)19(23)21-11-17(22)10-18(21)14-5-7-16(20)8-6-14/h2-9,17-18,22H,10-12H2,1H3/t17-,18-/m0/s1. The van der Waals surface area contributed by atoms with Crippen LogP contribution in [0.3, 0.4) is 0 Å². The Hall–Kier alpha value is -2.24. The molecule has 2 aromatic carbocycles. The van der Waals surface area contributed by atoms with Crippen molar-refractivity contribution in [1.82, 2.24) is 4.90 Å². The second-order valence-corrected chi connectivity index (χ2v) is 6.05. The average Bonchev–Trinajstić information content (AvgIpc) is 2.97. The van der Waals surface area contributed by atoms with Gasteiger partial charge in [0.05, 0.1) is 18.8 Å².